The van der Waals surface area contributed by atoms with Crippen LogP contribution in [0.1, 0.15) is 17.5 Å². The SMILES string of the molecule is O=C(CN1CCN(c2ccccn2)CC1)Nc1ccc2c(c1)CCC2. The van der Waals surface area contributed by atoms with Gasteiger partial charge in [0.05, 0.1) is 6.54 Å². The molecule has 0 saturated carbocycles. The molecule has 0 atom stereocenters. The van der Waals surface area contributed by atoms with Crippen molar-refractivity contribution in [1.29, 1.82) is 0 Å². The van der Waals surface area contributed by atoms with Crippen LogP contribution in [0.4, 0.5) is 11.5 Å². The van der Waals surface area contributed by atoms with E-state index in [1.807, 2.05) is 30.5 Å². The lowest BCUT2D eigenvalue weighted by molar-refractivity contribution is -0.117. The molecule has 1 amide bonds. The van der Waals surface area contributed by atoms with Crippen LogP contribution < -0.4 is 10.2 Å². The topological polar surface area (TPSA) is 48.5 Å². The Kier molecular flexibility index (Phi) is 4.65. The Morgan fingerprint density at radius 1 is 1.04 bits per heavy atom. The lowest BCUT2D eigenvalue weighted by Gasteiger charge is -2.34. The van der Waals surface area contributed by atoms with E-state index in [0.29, 0.717) is 6.54 Å². The summed E-state index contributed by atoms with van der Waals surface area (Å²) in [4.78, 5) is 21.2. The van der Waals surface area contributed by atoms with E-state index in [1.165, 1.54) is 24.0 Å². The van der Waals surface area contributed by atoms with Crippen molar-refractivity contribution in [3.8, 4) is 0 Å². The summed E-state index contributed by atoms with van der Waals surface area (Å²) in [6.07, 6.45) is 5.36. The molecule has 2 aromatic rings. The van der Waals surface area contributed by atoms with Crippen LogP contribution in [-0.2, 0) is 17.6 Å². The van der Waals surface area contributed by atoms with Gasteiger partial charge in [0.1, 0.15) is 5.82 Å². The summed E-state index contributed by atoms with van der Waals surface area (Å²) in [5, 5.41) is 3.06. The molecule has 1 aromatic heterocycles. The van der Waals surface area contributed by atoms with E-state index < -0.39 is 0 Å². The van der Waals surface area contributed by atoms with E-state index in [9.17, 15) is 4.79 Å². The van der Waals surface area contributed by atoms with Gasteiger partial charge in [0.2, 0.25) is 5.91 Å². The molecule has 130 valence electrons. The molecule has 1 N–H and O–H groups in total. The maximum absolute atomic E-state index is 12.4. The fourth-order valence-electron chi connectivity index (χ4n) is 3.73. The molecule has 25 heavy (non-hydrogen) atoms. The molecule has 0 spiro atoms. The highest BCUT2D eigenvalue weighted by Gasteiger charge is 2.20. The predicted molar refractivity (Wildman–Crippen MR) is 100.0 cm³/mol. The minimum atomic E-state index is 0.0734. The first-order valence-electron chi connectivity index (χ1n) is 9.08. The number of nitrogens with zero attached hydrogens (tertiary/aromatic N) is 3. The number of amides is 1. The number of anilines is 2. The minimum absolute atomic E-state index is 0.0734. The lowest BCUT2D eigenvalue weighted by atomic mass is 10.1. The maximum Gasteiger partial charge on any atom is 0.238 e. The Morgan fingerprint density at radius 2 is 1.88 bits per heavy atom. The smallest absolute Gasteiger partial charge is 0.238 e. The Balaban J connectivity index is 1.28. The molecule has 1 fully saturated rings. The number of nitrogens with one attached hydrogen (secondary N) is 1. The number of carbonyl (C=O) groups is 1. The number of piperazine rings is 1. The number of fused-ring (bicyclic) bond motifs is 1. The van der Waals surface area contributed by atoms with Crippen molar-refractivity contribution in [3.05, 3.63) is 53.7 Å². The van der Waals surface area contributed by atoms with Crippen molar-refractivity contribution >= 4 is 17.4 Å². The van der Waals surface area contributed by atoms with E-state index >= 15 is 0 Å². The van der Waals surface area contributed by atoms with Crippen LogP contribution in [0.15, 0.2) is 42.6 Å². The molecule has 1 aliphatic heterocycles. The van der Waals surface area contributed by atoms with Crippen molar-refractivity contribution in [2.75, 3.05) is 42.9 Å². The molecule has 0 radical (unpaired) electrons. The highest BCUT2D eigenvalue weighted by Crippen LogP contribution is 2.24. The average Bonchev–Trinajstić information content (AvgIpc) is 3.11. The van der Waals surface area contributed by atoms with Crippen LogP contribution in [0, 0.1) is 0 Å². The quantitative estimate of drug-likeness (QED) is 0.931. The first-order valence-corrected chi connectivity index (χ1v) is 9.08. The van der Waals surface area contributed by atoms with Crippen LogP contribution in [-0.4, -0.2) is 48.5 Å². The first kappa shape index (κ1) is 16.1. The van der Waals surface area contributed by atoms with Crippen molar-refractivity contribution in [2.24, 2.45) is 0 Å². The second-order valence-corrected chi connectivity index (χ2v) is 6.84. The number of benzene rings is 1. The molecule has 2 aliphatic rings. The zero-order valence-electron chi connectivity index (χ0n) is 14.4. The summed E-state index contributed by atoms with van der Waals surface area (Å²) >= 11 is 0. The van der Waals surface area contributed by atoms with Crippen molar-refractivity contribution in [3.63, 3.8) is 0 Å². The van der Waals surface area contributed by atoms with Crippen LogP contribution >= 0.6 is 0 Å². The monoisotopic (exact) mass is 336 g/mol. The zero-order valence-corrected chi connectivity index (χ0v) is 14.4. The van der Waals surface area contributed by atoms with Gasteiger partial charge in [-0.05, 0) is 54.7 Å². The van der Waals surface area contributed by atoms with Gasteiger partial charge in [0.15, 0.2) is 0 Å². The van der Waals surface area contributed by atoms with Gasteiger partial charge in [-0.1, -0.05) is 12.1 Å². The summed E-state index contributed by atoms with van der Waals surface area (Å²) < 4.78 is 0. The highest BCUT2D eigenvalue weighted by molar-refractivity contribution is 5.92. The van der Waals surface area contributed by atoms with Gasteiger partial charge in [-0.25, -0.2) is 4.98 Å². The fourth-order valence-corrected chi connectivity index (χ4v) is 3.73. The summed E-state index contributed by atoms with van der Waals surface area (Å²) in [5.41, 5.74) is 3.75. The fraction of sp³-hybridized carbons (Fsp3) is 0.400. The van der Waals surface area contributed by atoms with Crippen molar-refractivity contribution in [2.45, 2.75) is 19.3 Å². The van der Waals surface area contributed by atoms with Crippen LogP contribution in [0.3, 0.4) is 0 Å². The molecule has 1 aliphatic carbocycles. The molecule has 0 unspecified atom stereocenters. The van der Waals surface area contributed by atoms with Gasteiger partial charge in [0.25, 0.3) is 0 Å². The molecule has 1 aromatic carbocycles. The van der Waals surface area contributed by atoms with E-state index in [0.717, 1.165) is 44.1 Å². The Bertz CT molecular complexity index is 739. The van der Waals surface area contributed by atoms with Crippen molar-refractivity contribution in [1.82, 2.24) is 9.88 Å². The van der Waals surface area contributed by atoms with Gasteiger partial charge < -0.3 is 10.2 Å². The maximum atomic E-state index is 12.4. The molecule has 0 bridgehead atoms. The third kappa shape index (κ3) is 3.82. The number of hydrogen-bond acceptors (Lipinski definition) is 4. The summed E-state index contributed by atoms with van der Waals surface area (Å²) in [5.74, 6) is 1.09. The first-order chi connectivity index (χ1) is 12.3. The Morgan fingerprint density at radius 3 is 2.68 bits per heavy atom. The summed E-state index contributed by atoms with van der Waals surface area (Å²) in [6.45, 7) is 4.03. The van der Waals surface area contributed by atoms with Crippen molar-refractivity contribution < 1.29 is 4.79 Å². The second kappa shape index (κ2) is 7.23. The number of aromatic nitrogens is 1. The standard InChI is InChI=1S/C20H24N4O/c25-20(22-18-8-7-16-4-3-5-17(16)14-18)15-23-10-12-24(13-11-23)19-6-1-2-9-21-19/h1-2,6-9,14H,3-5,10-13,15H2,(H,22,25). The molecule has 1 saturated heterocycles. The van der Waals surface area contributed by atoms with Crippen LogP contribution in [0.5, 0.6) is 0 Å². The van der Waals surface area contributed by atoms with E-state index in [2.05, 4.69) is 32.2 Å². The molecule has 2 heterocycles. The average molecular weight is 336 g/mol. The van der Waals surface area contributed by atoms with E-state index in [-0.39, 0.29) is 5.91 Å². The number of rotatable bonds is 4. The lowest BCUT2D eigenvalue weighted by Crippen LogP contribution is -2.48. The summed E-state index contributed by atoms with van der Waals surface area (Å²) in [7, 11) is 0. The van der Waals surface area contributed by atoms with E-state index in [4.69, 9.17) is 0 Å². The number of carbonyl (C=O) groups excluding carboxylic acids is 1. The van der Waals surface area contributed by atoms with Gasteiger partial charge in [-0.3, -0.25) is 9.69 Å². The largest absolute Gasteiger partial charge is 0.354 e. The number of pyridine rings is 1. The van der Waals surface area contributed by atoms with Gasteiger partial charge in [-0.15, -0.1) is 0 Å². The molecule has 4 rings (SSSR count). The zero-order chi connectivity index (χ0) is 17.1. The Labute approximate surface area is 148 Å². The molecule has 5 heteroatoms. The Hall–Kier alpha value is -2.40. The van der Waals surface area contributed by atoms with Crippen LogP contribution in [0.2, 0.25) is 0 Å². The second-order valence-electron chi connectivity index (χ2n) is 6.84. The molecular weight excluding hydrogens is 312 g/mol. The number of aryl methyl sites for hydroxylation is 2. The van der Waals surface area contributed by atoms with Crippen LogP contribution in [0.25, 0.3) is 0 Å². The normalized spacial score (nSPS) is 17.4. The minimum Gasteiger partial charge on any atom is -0.354 e. The number of hydrogen-bond donors (Lipinski definition) is 1. The van der Waals surface area contributed by atoms with Gasteiger partial charge >= 0.3 is 0 Å². The van der Waals surface area contributed by atoms with Gasteiger partial charge in [0, 0.05) is 38.1 Å². The van der Waals surface area contributed by atoms with E-state index in [1.54, 1.807) is 0 Å². The predicted octanol–water partition coefficient (Wildman–Crippen LogP) is 2.33. The molecule has 5 nitrogen and oxygen atoms in total. The summed E-state index contributed by atoms with van der Waals surface area (Å²) in [6, 6.07) is 12.3. The third-order valence-electron chi connectivity index (χ3n) is 5.10. The highest BCUT2D eigenvalue weighted by atomic mass is 16.2. The molecular formula is C20H24N4O. The van der Waals surface area contributed by atoms with Gasteiger partial charge in [-0.2, -0.15) is 0 Å². The third-order valence-corrected chi connectivity index (χ3v) is 5.10.